The molecule has 0 atom stereocenters. The standard InChI is InChI=1S/C26H31N5O5/c27-14-21(22-4-3-18(15-30-22)35-17-5-8-34-9-6-17)24(33)31-16-10-26(11-16)12-19(13-26)36-25-20(23(28)32)2-1-7-29-25/h1-4,7,14-17,19H,5-6,8-13,27H2,(H2,28,32)(H,31,33). The maximum Gasteiger partial charge on any atom is 0.255 e. The van der Waals surface area contributed by atoms with E-state index in [1.54, 1.807) is 30.6 Å². The summed E-state index contributed by atoms with van der Waals surface area (Å²) in [6, 6.07) is 6.90. The molecular weight excluding hydrogens is 462 g/mol. The molecule has 36 heavy (non-hydrogen) atoms. The predicted octanol–water partition coefficient (Wildman–Crippen LogP) is 1.94. The van der Waals surface area contributed by atoms with E-state index < -0.39 is 5.91 Å². The average Bonchev–Trinajstić information content (AvgIpc) is 2.83. The molecule has 5 N–H and O–H groups in total. The number of primary amides is 1. The Balaban J connectivity index is 1.09. The third-order valence-corrected chi connectivity index (χ3v) is 7.22. The minimum absolute atomic E-state index is 0.0137. The first-order valence-electron chi connectivity index (χ1n) is 12.3. The lowest BCUT2D eigenvalue weighted by Crippen LogP contribution is -2.58. The topological polar surface area (TPSA) is 152 Å². The lowest BCUT2D eigenvalue weighted by atomic mass is 9.53. The third kappa shape index (κ3) is 5.13. The van der Waals surface area contributed by atoms with Crippen molar-refractivity contribution in [2.24, 2.45) is 16.9 Å². The molecule has 2 aliphatic carbocycles. The highest BCUT2D eigenvalue weighted by molar-refractivity contribution is 6.18. The summed E-state index contributed by atoms with van der Waals surface area (Å²) in [6.07, 6.45) is 9.75. The number of hydrogen-bond acceptors (Lipinski definition) is 8. The van der Waals surface area contributed by atoms with Crippen molar-refractivity contribution >= 4 is 17.4 Å². The number of nitrogens with two attached hydrogens (primary N) is 2. The van der Waals surface area contributed by atoms with Crippen molar-refractivity contribution in [2.45, 2.75) is 56.8 Å². The SMILES string of the molecule is NC=C(C(=O)NC1CC2(C1)CC(Oc1ncccc1C(N)=O)C2)c1ccc(OC2CCOCC2)cn1. The summed E-state index contributed by atoms with van der Waals surface area (Å²) in [5.41, 5.74) is 12.5. The average molecular weight is 494 g/mol. The van der Waals surface area contributed by atoms with Gasteiger partial charge in [0.2, 0.25) is 5.88 Å². The van der Waals surface area contributed by atoms with E-state index in [0.717, 1.165) is 38.5 Å². The van der Waals surface area contributed by atoms with E-state index >= 15 is 0 Å². The van der Waals surface area contributed by atoms with Crippen LogP contribution in [0.2, 0.25) is 0 Å². The van der Waals surface area contributed by atoms with Crippen molar-refractivity contribution < 1.29 is 23.8 Å². The van der Waals surface area contributed by atoms with Crippen LogP contribution in [0.3, 0.4) is 0 Å². The molecular formula is C26H31N5O5. The zero-order valence-corrected chi connectivity index (χ0v) is 20.0. The Morgan fingerprint density at radius 2 is 1.83 bits per heavy atom. The van der Waals surface area contributed by atoms with Gasteiger partial charge in [0.05, 0.1) is 30.7 Å². The third-order valence-electron chi connectivity index (χ3n) is 7.22. The molecule has 10 nitrogen and oxygen atoms in total. The first kappa shape index (κ1) is 24.1. The molecule has 1 aliphatic heterocycles. The quantitative estimate of drug-likeness (QED) is 0.472. The number of nitrogens with one attached hydrogen (secondary N) is 1. The monoisotopic (exact) mass is 493 g/mol. The van der Waals surface area contributed by atoms with Gasteiger partial charge in [-0.3, -0.25) is 14.6 Å². The molecule has 0 aromatic carbocycles. The fourth-order valence-corrected chi connectivity index (χ4v) is 5.38. The van der Waals surface area contributed by atoms with Crippen molar-refractivity contribution in [3.05, 3.63) is 54.1 Å². The van der Waals surface area contributed by atoms with E-state index in [4.69, 9.17) is 25.7 Å². The van der Waals surface area contributed by atoms with Crippen molar-refractivity contribution in [3.8, 4) is 11.6 Å². The molecule has 0 unspecified atom stereocenters. The number of aromatic nitrogens is 2. The molecule has 1 spiro atoms. The first-order valence-corrected chi connectivity index (χ1v) is 12.3. The summed E-state index contributed by atoms with van der Waals surface area (Å²) in [5.74, 6) is 0.148. The van der Waals surface area contributed by atoms with Gasteiger partial charge >= 0.3 is 0 Å². The van der Waals surface area contributed by atoms with Gasteiger partial charge in [0.15, 0.2) is 0 Å². The Bertz CT molecular complexity index is 1130. The van der Waals surface area contributed by atoms with Crippen LogP contribution >= 0.6 is 0 Å². The number of carbonyl (C=O) groups excluding carboxylic acids is 2. The van der Waals surface area contributed by atoms with E-state index in [0.29, 0.717) is 30.2 Å². The van der Waals surface area contributed by atoms with E-state index in [1.807, 2.05) is 6.07 Å². The number of hydrogen-bond donors (Lipinski definition) is 3. The van der Waals surface area contributed by atoms with E-state index in [2.05, 4.69) is 15.3 Å². The largest absolute Gasteiger partial charge is 0.489 e. The minimum atomic E-state index is -0.557. The zero-order chi connectivity index (χ0) is 25.1. The Morgan fingerprint density at radius 1 is 1.06 bits per heavy atom. The fraction of sp³-hybridized carbons (Fsp3) is 0.462. The molecule has 10 heteroatoms. The normalized spacial score (nSPS) is 25.9. The van der Waals surface area contributed by atoms with E-state index in [-0.39, 0.29) is 41.0 Å². The van der Waals surface area contributed by atoms with Crippen LogP contribution in [0.15, 0.2) is 42.9 Å². The summed E-state index contributed by atoms with van der Waals surface area (Å²) < 4.78 is 17.2. The van der Waals surface area contributed by atoms with Crippen LogP contribution in [-0.4, -0.2) is 53.2 Å². The Labute approximate surface area is 209 Å². The van der Waals surface area contributed by atoms with Crippen molar-refractivity contribution in [3.63, 3.8) is 0 Å². The Morgan fingerprint density at radius 3 is 2.50 bits per heavy atom. The van der Waals surface area contributed by atoms with Gasteiger partial charge in [-0.2, -0.15) is 0 Å². The summed E-state index contributed by atoms with van der Waals surface area (Å²) in [6.45, 7) is 1.40. The summed E-state index contributed by atoms with van der Waals surface area (Å²) in [7, 11) is 0. The van der Waals surface area contributed by atoms with Gasteiger partial charge in [0.1, 0.15) is 23.5 Å². The van der Waals surface area contributed by atoms with Crippen molar-refractivity contribution in [2.75, 3.05) is 13.2 Å². The van der Waals surface area contributed by atoms with E-state index in [1.165, 1.54) is 6.20 Å². The van der Waals surface area contributed by atoms with Crippen LogP contribution in [0.25, 0.3) is 5.57 Å². The molecule has 0 bridgehead atoms. The second kappa shape index (κ2) is 10.1. The summed E-state index contributed by atoms with van der Waals surface area (Å²) in [4.78, 5) is 33.0. The van der Waals surface area contributed by atoms with Crippen molar-refractivity contribution in [1.29, 1.82) is 0 Å². The van der Waals surface area contributed by atoms with Crippen LogP contribution in [-0.2, 0) is 9.53 Å². The molecule has 1 saturated heterocycles. The molecule has 2 saturated carbocycles. The summed E-state index contributed by atoms with van der Waals surface area (Å²) in [5, 5.41) is 3.07. The predicted molar refractivity (Wildman–Crippen MR) is 131 cm³/mol. The van der Waals surface area contributed by atoms with Crippen LogP contribution in [0.4, 0.5) is 0 Å². The number of nitrogens with zero attached hydrogens (tertiary/aromatic N) is 2. The molecule has 3 heterocycles. The minimum Gasteiger partial charge on any atom is -0.489 e. The Hall–Kier alpha value is -3.66. The van der Waals surface area contributed by atoms with Gasteiger partial charge in [-0.1, -0.05) is 0 Å². The van der Waals surface area contributed by atoms with Gasteiger partial charge < -0.3 is 31.0 Å². The van der Waals surface area contributed by atoms with E-state index in [9.17, 15) is 9.59 Å². The highest BCUT2D eigenvalue weighted by Gasteiger charge is 2.54. The number of rotatable bonds is 8. The molecule has 2 aromatic rings. The first-order chi connectivity index (χ1) is 17.4. The van der Waals surface area contributed by atoms with Gasteiger partial charge in [-0.15, -0.1) is 0 Å². The Kier molecular flexibility index (Phi) is 6.77. The van der Waals surface area contributed by atoms with Gasteiger partial charge in [0.25, 0.3) is 11.8 Å². The van der Waals surface area contributed by atoms with Gasteiger partial charge in [-0.25, -0.2) is 4.98 Å². The number of pyridine rings is 2. The maximum absolute atomic E-state index is 12.9. The highest BCUT2D eigenvalue weighted by atomic mass is 16.5. The van der Waals surface area contributed by atoms with Crippen molar-refractivity contribution in [1.82, 2.24) is 15.3 Å². The lowest BCUT2D eigenvalue weighted by Gasteiger charge is -2.57. The second-order valence-electron chi connectivity index (χ2n) is 9.84. The number of ether oxygens (including phenoxy) is 3. The van der Waals surface area contributed by atoms with Gasteiger partial charge in [-0.05, 0) is 55.4 Å². The molecule has 5 rings (SSSR count). The van der Waals surface area contributed by atoms with Crippen LogP contribution in [0, 0.1) is 5.41 Å². The molecule has 2 aromatic heterocycles. The zero-order valence-electron chi connectivity index (χ0n) is 20.0. The molecule has 3 fully saturated rings. The number of carbonyl (C=O) groups is 2. The second-order valence-corrected chi connectivity index (χ2v) is 9.84. The smallest absolute Gasteiger partial charge is 0.255 e. The van der Waals surface area contributed by atoms with Crippen LogP contribution in [0.1, 0.15) is 54.6 Å². The molecule has 2 amide bonds. The molecule has 0 radical (unpaired) electrons. The van der Waals surface area contributed by atoms with Crippen LogP contribution in [0.5, 0.6) is 11.6 Å². The lowest BCUT2D eigenvalue weighted by molar-refractivity contribution is -0.122. The maximum atomic E-state index is 12.9. The van der Waals surface area contributed by atoms with Gasteiger partial charge in [0, 0.05) is 31.3 Å². The molecule has 190 valence electrons. The number of amides is 2. The summed E-state index contributed by atoms with van der Waals surface area (Å²) >= 11 is 0. The highest BCUT2D eigenvalue weighted by Crippen LogP contribution is 2.56. The fourth-order valence-electron chi connectivity index (χ4n) is 5.38. The molecule has 3 aliphatic rings. The van der Waals surface area contributed by atoms with Crippen LogP contribution < -0.4 is 26.3 Å².